The first kappa shape index (κ1) is 14.3. The van der Waals surface area contributed by atoms with E-state index in [0.29, 0.717) is 11.7 Å². The van der Waals surface area contributed by atoms with Crippen LogP contribution in [0.4, 0.5) is 0 Å². The van der Waals surface area contributed by atoms with Gasteiger partial charge in [-0.15, -0.1) is 10.2 Å². The van der Waals surface area contributed by atoms with Gasteiger partial charge in [-0.05, 0) is 41.8 Å². The van der Waals surface area contributed by atoms with E-state index in [9.17, 15) is 0 Å². The summed E-state index contributed by atoms with van der Waals surface area (Å²) >= 11 is 1.54. The lowest BCUT2D eigenvalue weighted by Crippen LogP contribution is -2.06. The fourth-order valence-electron chi connectivity index (χ4n) is 2.31. The normalized spacial score (nSPS) is 14.3. The van der Waals surface area contributed by atoms with Gasteiger partial charge in [0, 0.05) is 19.2 Å². The maximum atomic E-state index is 4.73. The van der Waals surface area contributed by atoms with Crippen LogP contribution in [0.25, 0.3) is 5.82 Å². The van der Waals surface area contributed by atoms with Gasteiger partial charge < -0.3 is 0 Å². The number of nitrogens with zero attached hydrogens (tertiary/aromatic N) is 8. The summed E-state index contributed by atoms with van der Waals surface area (Å²) in [5.74, 6) is 3.77. The third kappa shape index (κ3) is 2.83. The third-order valence-electron chi connectivity index (χ3n) is 3.73. The van der Waals surface area contributed by atoms with Gasteiger partial charge in [-0.3, -0.25) is 0 Å². The van der Waals surface area contributed by atoms with E-state index in [1.165, 1.54) is 12.8 Å². The number of aromatic nitrogens is 8. The first-order valence-electron chi connectivity index (χ1n) is 7.45. The van der Waals surface area contributed by atoms with E-state index in [0.717, 1.165) is 28.2 Å². The molecular weight excluding hydrogens is 312 g/mol. The smallest absolute Gasteiger partial charge is 0.209 e. The number of tetrazole rings is 1. The van der Waals surface area contributed by atoms with Gasteiger partial charge in [0.2, 0.25) is 5.16 Å². The predicted molar refractivity (Wildman–Crippen MR) is 84.2 cm³/mol. The van der Waals surface area contributed by atoms with Gasteiger partial charge in [-0.2, -0.15) is 4.68 Å². The molecule has 0 unspecified atom stereocenters. The minimum atomic E-state index is 0.500. The standard InChI is InChI=1S/C14H16N8S/c1-9-4-3-7-15-13(9)22-11(16-12(18-22)10-5-6-10)8-23-14-17-19-20-21(14)2/h3-4,7,10H,5-6,8H2,1-2H3. The molecular formula is C14H16N8S. The van der Waals surface area contributed by atoms with E-state index in [1.54, 1.807) is 22.6 Å². The summed E-state index contributed by atoms with van der Waals surface area (Å²) in [5.41, 5.74) is 1.08. The highest BCUT2D eigenvalue weighted by Crippen LogP contribution is 2.38. The van der Waals surface area contributed by atoms with Gasteiger partial charge >= 0.3 is 0 Å². The molecule has 3 aromatic heterocycles. The molecule has 0 atom stereocenters. The van der Waals surface area contributed by atoms with Crippen LogP contribution in [0, 0.1) is 6.92 Å². The van der Waals surface area contributed by atoms with Gasteiger partial charge in [0.15, 0.2) is 11.6 Å². The van der Waals surface area contributed by atoms with E-state index in [4.69, 9.17) is 10.1 Å². The van der Waals surface area contributed by atoms with Gasteiger partial charge in [-0.25, -0.2) is 14.6 Å². The summed E-state index contributed by atoms with van der Waals surface area (Å²) in [5, 5.41) is 17.0. The Bertz CT molecular complexity index is 835. The maximum Gasteiger partial charge on any atom is 0.209 e. The van der Waals surface area contributed by atoms with Crippen LogP contribution in [0.5, 0.6) is 0 Å². The number of hydrogen-bond donors (Lipinski definition) is 0. The van der Waals surface area contributed by atoms with Crippen LogP contribution in [0.1, 0.15) is 36.0 Å². The third-order valence-corrected chi connectivity index (χ3v) is 4.73. The summed E-state index contributed by atoms with van der Waals surface area (Å²) in [6.07, 6.45) is 4.13. The van der Waals surface area contributed by atoms with Crippen LogP contribution in [0.3, 0.4) is 0 Å². The lowest BCUT2D eigenvalue weighted by molar-refractivity contribution is 0.664. The molecule has 1 aliphatic carbocycles. The van der Waals surface area contributed by atoms with Crippen LogP contribution < -0.4 is 0 Å². The lowest BCUT2D eigenvalue weighted by Gasteiger charge is -2.06. The molecule has 0 spiro atoms. The Morgan fingerprint density at radius 2 is 2.22 bits per heavy atom. The zero-order chi connectivity index (χ0) is 15.8. The fraction of sp³-hybridized carbons (Fsp3) is 0.429. The Morgan fingerprint density at radius 1 is 1.35 bits per heavy atom. The SMILES string of the molecule is Cc1cccnc1-n1nc(C2CC2)nc1CSc1nnnn1C. The molecule has 3 aromatic rings. The number of aryl methyl sites for hydroxylation is 2. The lowest BCUT2D eigenvalue weighted by atomic mass is 10.3. The molecule has 8 nitrogen and oxygen atoms in total. The Kier molecular flexibility index (Phi) is 3.56. The molecule has 3 heterocycles. The van der Waals surface area contributed by atoms with Gasteiger partial charge in [-0.1, -0.05) is 17.8 Å². The minimum Gasteiger partial charge on any atom is -0.237 e. The molecule has 118 valence electrons. The molecule has 0 amide bonds. The van der Waals surface area contributed by atoms with Crippen LogP contribution in [-0.4, -0.2) is 40.0 Å². The zero-order valence-corrected chi connectivity index (χ0v) is 13.7. The van der Waals surface area contributed by atoms with Crippen molar-refractivity contribution in [2.45, 2.75) is 36.6 Å². The van der Waals surface area contributed by atoms with Crippen molar-refractivity contribution in [1.29, 1.82) is 0 Å². The van der Waals surface area contributed by atoms with Crippen LogP contribution in [0.2, 0.25) is 0 Å². The van der Waals surface area contributed by atoms with Gasteiger partial charge in [0.25, 0.3) is 0 Å². The van der Waals surface area contributed by atoms with Crippen molar-refractivity contribution < 1.29 is 0 Å². The molecule has 1 saturated carbocycles. The van der Waals surface area contributed by atoms with E-state index < -0.39 is 0 Å². The van der Waals surface area contributed by atoms with Crippen LogP contribution in [-0.2, 0) is 12.8 Å². The average Bonchev–Trinajstić information content (AvgIpc) is 3.19. The Morgan fingerprint density at radius 3 is 2.91 bits per heavy atom. The van der Waals surface area contributed by atoms with E-state index in [2.05, 4.69) is 20.5 Å². The second-order valence-corrected chi connectivity index (χ2v) is 6.53. The van der Waals surface area contributed by atoms with Crippen LogP contribution in [0.15, 0.2) is 23.5 Å². The molecule has 0 bridgehead atoms. The monoisotopic (exact) mass is 328 g/mol. The van der Waals surface area contributed by atoms with E-state index in [-0.39, 0.29) is 0 Å². The maximum absolute atomic E-state index is 4.73. The number of thioether (sulfide) groups is 1. The minimum absolute atomic E-state index is 0.500. The molecule has 0 radical (unpaired) electrons. The number of rotatable bonds is 5. The van der Waals surface area contributed by atoms with Crippen molar-refractivity contribution in [1.82, 2.24) is 40.0 Å². The molecule has 0 N–H and O–H groups in total. The van der Waals surface area contributed by atoms with Crippen molar-refractivity contribution in [2.75, 3.05) is 0 Å². The fourth-order valence-corrected chi connectivity index (χ4v) is 3.07. The van der Waals surface area contributed by atoms with Crippen molar-refractivity contribution in [2.24, 2.45) is 7.05 Å². The van der Waals surface area contributed by atoms with Crippen molar-refractivity contribution in [3.63, 3.8) is 0 Å². The van der Waals surface area contributed by atoms with Crippen molar-refractivity contribution in [3.8, 4) is 5.82 Å². The van der Waals surface area contributed by atoms with Gasteiger partial charge in [0.1, 0.15) is 5.82 Å². The molecule has 0 aliphatic heterocycles. The largest absolute Gasteiger partial charge is 0.237 e. The highest BCUT2D eigenvalue weighted by Gasteiger charge is 2.29. The van der Waals surface area contributed by atoms with E-state index >= 15 is 0 Å². The number of pyridine rings is 1. The van der Waals surface area contributed by atoms with Gasteiger partial charge in [0.05, 0.1) is 5.75 Å². The van der Waals surface area contributed by atoms with Crippen LogP contribution >= 0.6 is 11.8 Å². The Balaban J connectivity index is 1.67. The molecule has 0 aromatic carbocycles. The van der Waals surface area contributed by atoms with Crippen molar-refractivity contribution in [3.05, 3.63) is 35.5 Å². The quantitative estimate of drug-likeness (QED) is 0.658. The first-order chi connectivity index (χ1) is 11.2. The number of hydrogen-bond acceptors (Lipinski definition) is 7. The topological polar surface area (TPSA) is 87.2 Å². The molecule has 0 saturated heterocycles. The second-order valence-electron chi connectivity index (χ2n) is 5.59. The Labute approximate surface area is 137 Å². The highest BCUT2D eigenvalue weighted by molar-refractivity contribution is 7.98. The Hall–Kier alpha value is -2.29. The summed E-state index contributed by atoms with van der Waals surface area (Å²) < 4.78 is 3.51. The average molecular weight is 328 g/mol. The summed E-state index contributed by atoms with van der Waals surface area (Å²) in [4.78, 5) is 9.20. The first-order valence-corrected chi connectivity index (χ1v) is 8.44. The summed E-state index contributed by atoms with van der Waals surface area (Å²) in [6, 6.07) is 3.96. The van der Waals surface area contributed by atoms with E-state index in [1.807, 2.05) is 30.8 Å². The van der Waals surface area contributed by atoms with Crippen molar-refractivity contribution >= 4 is 11.8 Å². The summed E-state index contributed by atoms with van der Waals surface area (Å²) in [6.45, 7) is 2.03. The molecule has 1 aliphatic rings. The zero-order valence-electron chi connectivity index (χ0n) is 12.9. The molecule has 9 heteroatoms. The molecule has 23 heavy (non-hydrogen) atoms. The molecule has 1 fully saturated rings. The second kappa shape index (κ2) is 5.73. The highest BCUT2D eigenvalue weighted by atomic mass is 32.2. The predicted octanol–water partition coefficient (Wildman–Crippen LogP) is 1.66. The summed E-state index contributed by atoms with van der Waals surface area (Å²) in [7, 11) is 1.82. The molecule has 4 rings (SSSR count).